The molecule has 1 aliphatic rings. The van der Waals surface area contributed by atoms with Crippen molar-refractivity contribution in [2.24, 2.45) is 0 Å². The Hall–Kier alpha value is -2.75. The van der Waals surface area contributed by atoms with Crippen molar-refractivity contribution >= 4 is 16.6 Å². The maximum atomic E-state index is 12.7. The van der Waals surface area contributed by atoms with Crippen molar-refractivity contribution in [3.63, 3.8) is 0 Å². The summed E-state index contributed by atoms with van der Waals surface area (Å²) in [4.78, 5) is 15.6. The number of ether oxygens (including phenoxy) is 1. The van der Waals surface area contributed by atoms with E-state index in [1.165, 1.54) is 0 Å². The highest BCUT2D eigenvalue weighted by Gasteiger charge is 2.43. The highest BCUT2D eigenvalue weighted by molar-refractivity contribution is 5.90. The molecule has 8 nitrogen and oxygen atoms in total. The number of benzene rings is 2. The first kappa shape index (κ1) is 20.5. The average Bonchev–Trinajstić information content (AvgIpc) is 2.74. The van der Waals surface area contributed by atoms with Crippen LogP contribution in [-0.4, -0.2) is 62.7 Å². The van der Waals surface area contributed by atoms with Gasteiger partial charge in [-0.2, -0.15) is 0 Å². The van der Waals surface area contributed by atoms with E-state index < -0.39 is 37.3 Å². The normalized spacial score (nSPS) is 26.6. The molecule has 1 fully saturated rings. The van der Waals surface area contributed by atoms with E-state index in [9.17, 15) is 25.2 Å². The van der Waals surface area contributed by atoms with Gasteiger partial charge in [0.05, 0.1) is 17.7 Å². The molecule has 6 N–H and O–H groups in total. The van der Waals surface area contributed by atoms with Gasteiger partial charge in [0.1, 0.15) is 24.4 Å². The number of aromatic nitrogens is 1. The van der Waals surface area contributed by atoms with Crippen LogP contribution in [0.5, 0.6) is 0 Å². The molecule has 1 aliphatic heterocycles. The van der Waals surface area contributed by atoms with Gasteiger partial charge in [-0.3, -0.25) is 4.79 Å². The minimum Gasteiger partial charge on any atom is -0.394 e. The van der Waals surface area contributed by atoms with Crippen LogP contribution in [0.25, 0.3) is 22.0 Å². The Labute approximate surface area is 172 Å². The van der Waals surface area contributed by atoms with Crippen LogP contribution >= 0.6 is 0 Å². The lowest BCUT2D eigenvalue weighted by molar-refractivity contribution is -0.245. The molecule has 0 amide bonds. The number of aliphatic hydroxyl groups is 4. The van der Waals surface area contributed by atoms with Crippen molar-refractivity contribution in [2.45, 2.75) is 37.6 Å². The van der Waals surface area contributed by atoms with E-state index in [0.29, 0.717) is 16.8 Å². The number of pyridine rings is 1. The zero-order valence-corrected chi connectivity index (χ0v) is 16.3. The molecule has 0 radical (unpaired) electrons. The van der Waals surface area contributed by atoms with Gasteiger partial charge in [0, 0.05) is 11.1 Å². The highest BCUT2D eigenvalue weighted by atomic mass is 16.6. The zero-order chi connectivity index (χ0) is 21.4. The quantitative estimate of drug-likeness (QED) is 0.372. The summed E-state index contributed by atoms with van der Waals surface area (Å²) in [6.45, 7) is 1.36. The van der Waals surface area contributed by atoms with Crippen molar-refractivity contribution in [1.29, 1.82) is 0 Å². The molecule has 1 saturated heterocycles. The van der Waals surface area contributed by atoms with E-state index in [0.717, 1.165) is 16.5 Å². The number of hydrogen-bond acceptors (Lipinski definition) is 7. The van der Waals surface area contributed by atoms with E-state index in [1.807, 2.05) is 43.3 Å². The van der Waals surface area contributed by atoms with Crippen molar-refractivity contribution in [2.75, 3.05) is 11.9 Å². The molecule has 0 spiro atoms. The minimum absolute atomic E-state index is 0.217. The summed E-state index contributed by atoms with van der Waals surface area (Å²) >= 11 is 0. The van der Waals surface area contributed by atoms with Crippen LogP contribution in [0.2, 0.25) is 0 Å². The number of hydrogen-bond donors (Lipinski definition) is 6. The van der Waals surface area contributed by atoms with Crippen LogP contribution in [0.15, 0.2) is 53.3 Å². The van der Waals surface area contributed by atoms with E-state index in [-0.39, 0.29) is 5.56 Å². The maximum Gasteiger partial charge on any atom is 0.256 e. The molecule has 8 heteroatoms. The summed E-state index contributed by atoms with van der Waals surface area (Å²) in [6.07, 6.45) is -5.22. The molecule has 2 aromatic carbocycles. The minimum atomic E-state index is -1.43. The summed E-state index contributed by atoms with van der Waals surface area (Å²) in [5.74, 6) is 0. The first-order chi connectivity index (χ1) is 14.4. The lowest BCUT2D eigenvalue weighted by Crippen LogP contribution is -2.61. The molecule has 0 saturated carbocycles. The predicted molar refractivity (Wildman–Crippen MR) is 112 cm³/mol. The Bertz CT molecular complexity index is 1100. The van der Waals surface area contributed by atoms with Gasteiger partial charge >= 0.3 is 0 Å². The number of aromatic amines is 1. The SMILES string of the molecule is Cc1c(-c2ccccc2)c(=O)[nH]c2cc(NC3C(O)OC(CO)[C@H](O)[C@H]3O)ccc12. The molecular formula is C22H24N2O6. The maximum absolute atomic E-state index is 12.7. The monoisotopic (exact) mass is 412 g/mol. The van der Waals surface area contributed by atoms with Gasteiger partial charge in [-0.05, 0) is 30.2 Å². The Kier molecular flexibility index (Phi) is 5.59. The molecule has 3 unspecified atom stereocenters. The van der Waals surface area contributed by atoms with Crippen LogP contribution in [0.4, 0.5) is 5.69 Å². The van der Waals surface area contributed by atoms with Gasteiger partial charge in [-0.25, -0.2) is 0 Å². The molecule has 30 heavy (non-hydrogen) atoms. The zero-order valence-electron chi connectivity index (χ0n) is 16.3. The largest absolute Gasteiger partial charge is 0.394 e. The second-order valence-corrected chi connectivity index (χ2v) is 7.48. The Morgan fingerprint density at radius 2 is 1.80 bits per heavy atom. The van der Waals surface area contributed by atoms with Gasteiger partial charge in [0.25, 0.3) is 5.56 Å². The van der Waals surface area contributed by atoms with Crippen LogP contribution < -0.4 is 10.9 Å². The standard InChI is InChI=1S/C22H24N2O6/c1-11-14-8-7-13(23-18-20(27)19(26)16(10-25)30-22(18)29)9-15(14)24-21(28)17(11)12-5-3-2-4-6-12/h2-9,16,18-20,22-23,25-27,29H,10H2,1H3,(H,24,28)/t16?,18?,19-,20-,22?/m0/s1. The number of fused-ring (bicyclic) bond motifs is 1. The van der Waals surface area contributed by atoms with E-state index in [4.69, 9.17) is 4.74 Å². The van der Waals surface area contributed by atoms with Gasteiger partial charge in [-0.15, -0.1) is 0 Å². The smallest absolute Gasteiger partial charge is 0.256 e. The first-order valence-corrected chi connectivity index (χ1v) is 9.70. The lowest BCUT2D eigenvalue weighted by atomic mass is 9.96. The lowest BCUT2D eigenvalue weighted by Gasteiger charge is -2.40. The summed E-state index contributed by atoms with van der Waals surface area (Å²) in [6, 6.07) is 13.7. The number of H-pyrrole nitrogens is 1. The summed E-state index contributed by atoms with van der Waals surface area (Å²) < 4.78 is 5.17. The topological polar surface area (TPSA) is 135 Å². The molecule has 2 heterocycles. The Morgan fingerprint density at radius 1 is 1.07 bits per heavy atom. The second-order valence-electron chi connectivity index (χ2n) is 7.48. The van der Waals surface area contributed by atoms with E-state index in [1.54, 1.807) is 12.1 Å². The van der Waals surface area contributed by atoms with E-state index in [2.05, 4.69) is 10.3 Å². The van der Waals surface area contributed by atoms with Crippen LogP contribution in [-0.2, 0) is 4.74 Å². The molecule has 0 aliphatic carbocycles. The van der Waals surface area contributed by atoms with Crippen LogP contribution in [0.3, 0.4) is 0 Å². The summed E-state index contributed by atoms with van der Waals surface area (Å²) in [7, 11) is 0. The van der Waals surface area contributed by atoms with E-state index >= 15 is 0 Å². The number of aliphatic hydroxyl groups excluding tert-OH is 4. The fraction of sp³-hybridized carbons (Fsp3) is 0.318. The third kappa shape index (κ3) is 3.60. The average molecular weight is 412 g/mol. The number of aryl methyl sites for hydroxylation is 1. The van der Waals surface area contributed by atoms with Gasteiger partial charge in [0.2, 0.25) is 0 Å². The van der Waals surface area contributed by atoms with Gasteiger partial charge in [-0.1, -0.05) is 36.4 Å². The van der Waals surface area contributed by atoms with Crippen molar-refractivity contribution in [1.82, 2.24) is 4.98 Å². The molecule has 4 rings (SSSR count). The van der Waals surface area contributed by atoms with Crippen molar-refractivity contribution in [3.8, 4) is 11.1 Å². The molecule has 158 valence electrons. The number of nitrogens with one attached hydrogen (secondary N) is 2. The van der Waals surface area contributed by atoms with Crippen LogP contribution in [0, 0.1) is 6.92 Å². The molecular weight excluding hydrogens is 388 g/mol. The van der Waals surface area contributed by atoms with Gasteiger partial charge < -0.3 is 35.5 Å². The van der Waals surface area contributed by atoms with Crippen LogP contribution in [0.1, 0.15) is 5.56 Å². The van der Waals surface area contributed by atoms with Crippen molar-refractivity contribution in [3.05, 3.63) is 64.4 Å². The summed E-state index contributed by atoms with van der Waals surface area (Å²) in [5.41, 5.74) is 3.18. The van der Waals surface area contributed by atoms with Crippen molar-refractivity contribution < 1.29 is 25.2 Å². The third-order valence-electron chi connectivity index (χ3n) is 5.57. The fourth-order valence-electron chi connectivity index (χ4n) is 3.95. The van der Waals surface area contributed by atoms with Gasteiger partial charge in [0.15, 0.2) is 6.29 Å². The second kappa shape index (κ2) is 8.17. The fourth-order valence-corrected chi connectivity index (χ4v) is 3.95. The summed E-state index contributed by atoms with van der Waals surface area (Å²) in [5, 5.41) is 43.5. The Balaban J connectivity index is 1.67. The number of rotatable bonds is 4. The Morgan fingerprint density at radius 3 is 2.50 bits per heavy atom. The molecule has 5 atom stereocenters. The number of anilines is 1. The molecule has 3 aromatic rings. The third-order valence-corrected chi connectivity index (χ3v) is 5.57. The predicted octanol–water partition coefficient (Wildman–Crippen LogP) is 0.715. The highest BCUT2D eigenvalue weighted by Crippen LogP contribution is 2.28. The molecule has 0 bridgehead atoms. The first-order valence-electron chi connectivity index (χ1n) is 9.70. The molecule has 1 aromatic heterocycles.